The van der Waals surface area contributed by atoms with Gasteiger partial charge in [0.2, 0.25) is 0 Å². The largest absolute Gasteiger partial charge is 0.492 e. The molecule has 3 N–H and O–H groups in total. The number of amidine groups is 1. The van der Waals surface area contributed by atoms with E-state index >= 15 is 0 Å². The summed E-state index contributed by atoms with van der Waals surface area (Å²) in [5.41, 5.74) is 6.27. The van der Waals surface area contributed by atoms with Crippen molar-refractivity contribution in [3.8, 4) is 5.75 Å². The first-order valence-electron chi connectivity index (χ1n) is 5.56. The molecule has 4 heteroatoms. The zero-order chi connectivity index (χ0) is 13.1. The van der Waals surface area contributed by atoms with Gasteiger partial charge in [-0.25, -0.2) is 0 Å². The molecule has 1 rings (SSSR count). The first kappa shape index (κ1) is 13.8. The minimum absolute atomic E-state index is 0.177. The lowest BCUT2D eigenvalue weighted by molar-refractivity contribution is 0.269. The van der Waals surface area contributed by atoms with Crippen LogP contribution in [0.15, 0.2) is 18.2 Å². The summed E-state index contributed by atoms with van der Waals surface area (Å²) in [7, 11) is 0. The topological polar surface area (TPSA) is 59.1 Å². The Morgan fingerprint density at radius 1 is 1.47 bits per heavy atom. The molecule has 0 saturated carbocycles. The van der Waals surface area contributed by atoms with Gasteiger partial charge < -0.3 is 10.5 Å². The molecule has 0 aliphatic rings. The van der Waals surface area contributed by atoms with Crippen LogP contribution in [0.25, 0.3) is 0 Å². The number of benzene rings is 1. The van der Waals surface area contributed by atoms with Crippen LogP contribution in [0.2, 0.25) is 5.02 Å². The fourth-order valence-electron chi connectivity index (χ4n) is 1.27. The summed E-state index contributed by atoms with van der Waals surface area (Å²) in [4.78, 5) is 0. The minimum Gasteiger partial charge on any atom is -0.492 e. The zero-order valence-corrected chi connectivity index (χ0v) is 11.3. The van der Waals surface area contributed by atoms with Gasteiger partial charge in [0.1, 0.15) is 5.75 Å². The standard InChI is InChI=1S/C13H19ClN2O/c1-9-4-5-11(10(14)8-9)17-7-6-13(2,3)12(15)16/h4-5,8H,6-7H2,1-3H3,(H3,15,16). The Morgan fingerprint density at radius 2 is 2.12 bits per heavy atom. The highest BCUT2D eigenvalue weighted by Crippen LogP contribution is 2.26. The average Bonchev–Trinajstić information content (AvgIpc) is 2.21. The third kappa shape index (κ3) is 3.93. The van der Waals surface area contributed by atoms with Crippen LogP contribution in [-0.4, -0.2) is 12.4 Å². The van der Waals surface area contributed by atoms with E-state index in [0.29, 0.717) is 23.8 Å². The Morgan fingerprint density at radius 3 is 2.65 bits per heavy atom. The van der Waals surface area contributed by atoms with E-state index in [9.17, 15) is 0 Å². The van der Waals surface area contributed by atoms with Gasteiger partial charge >= 0.3 is 0 Å². The van der Waals surface area contributed by atoms with Crippen molar-refractivity contribution in [1.29, 1.82) is 5.41 Å². The molecule has 0 saturated heterocycles. The predicted octanol–water partition coefficient (Wildman–Crippen LogP) is 3.38. The van der Waals surface area contributed by atoms with Crippen molar-refractivity contribution in [3.05, 3.63) is 28.8 Å². The quantitative estimate of drug-likeness (QED) is 0.625. The molecule has 0 bridgehead atoms. The van der Waals surface area contributed by atoms with Crippen molar-refractivity contribution in [3.63, 3.8) is 0 Å². The Bertz CT molecular complexity index is 416. The van der Waals surface area contributed by atoms with Crippen molar-refractivity contribution in [1.82, 2.24) is 0 Å². The molecule has 0 aliphatic carbocycles. The van der Waals surface area contributed by atoms with Gasteiger partial charge in [0.05, 0.1) is 17.5 Å². The van der Waals surface area contributed by atoms with Gasteiger partial charge in [-0.15, -0.1) is 0 Å². The van der Waals surface area contributed by atoms with Crippen molar-refractivity contribution >= 4 is 17.4 Å². The summed E-state index contributed by atoms with van der Waals surface area (Å²) in [5.74, 6) is 0.854. The first-order valence-corrected chi connectivity index (χ1v) is 5.94. The number of nitrogens with one attached hydrogen (secondary N) is 1. The van der Waals surface area contributed by atoms with Crippen LogP contribution >= 0.6 is 11.6 Å². The maximum absolute atomic E-state index is 7.45. The van der Waals surface area contributed by atoms with Crippen LogP contribution in [0.3, 0.4) is 0 Å². The number of aryl methyl sites for hydroxylation is 1. The number of nitrogens with two attached hydrogens (primary N) is 1. The van der Waals surface area contributed by atoms with E-state index in [1.54, 1.807) is 0 Å². The fourth-order valence-corrected chi connectivity index (χ4v) is 1.56. The lowest BCUT2D eigenvalue weighted by atomic mass is 9.88. The second-order valence-electron chi connectivity index (χ2n) is 4.83. The number of hydrogen-bond donors (Lipinski definition) is 2. The third-order valence-corrected chi connectivity index (χ3v) is 3.10. The van der Waals surface area contributed by atoms with E-state index in [1.807, 2.05) is 39.0 Å². The molecule has 0 aromatic heterocycles. The summed E-state index contributed by atoms with van der Waals surface area (Å²) >= 11 is 6.05. The van der Waals surface area contributed by atoms with Gasteiger partial charge in [-0.1, -0.05) is 31.5 Å². The monoisotopic (exact) mass is 254 g/mol. The van der Waals surface area contributed by atoms with Crippen LogP contribution in [0.4, 0.5) is 0 Å². The lowest BCUT2D eigenvalue weighted by Crippen LogP contribution is -2.32. The highest BCUT2D eigenvalue weighted by atomic mass is 35.5. The van der Waals surface area contributed by atoms with Crippen LogP contribution in [0, 0.1) is 17.7 Å². The minimum atomic E-state index is -0.336. The van der Waals surface area contributed by atoms with Gasteiger partial charge in [0.25, 0.3) is 0 Å². The summed E-state index contributed by atoms with van der Waals surface area (Å²) in [6.07, 6.45) is 0.687. The molecule has 1 aromatic rings. The van der Waals surface area contributed by atoms with E-state index < -0.39 is 0 Å². The number of ether oxygens (including phenoxy) is 1. The highest BCUT2D eigenvalue weighted by Gasteiger charge is 2.21. The van der Waals surface area contributed by atoms with E-state index in [1.165, 1.54) is 0 Å². The Balaban J connectivity index is 2.54. The molecule has 0 unspecified atom stereocenters. The summed E-state index contributed by atoms with van der Waals surface area (Å²) in [5, 5.41) is 8.06. The maximum atomic E-state index is 7.45. The van der Waals surface area contributed by atoms with Crippen molar-refractivity contribution in [2.45, 2.75) is 27.2 Å². The van der Waals surface area contributed by atoms with E-state index in [2.05, 4.69) is 0 Å². The normalized spacial score (nSPS) is 11.3. The van der Waals surface area contributed by atoms with Crippen molar-refractivity contribution < 1.29 is 4.74 Å². The van der Waals surface area contributed by atoms with E-state index in [0.717, 1.165) is 5.56 Å². The summed E-state index contributed by atoms with van der Waals surface area (Å²) < 4.78 is 5.59. The summed E-state index contributed by atoms with van der Waals surface area (Å²) in [6, 6.07) is 5.68. The molecule has 3 nitrogen and oxygen atoms in total. The molecule has 94 valence electrons. The third-order valence-electron chi connectivity index (χ3n) is 2.80. The average molecular weight is 255 g/mol. The van der Waals surface area contributed by atoms with Crippen molar-refractivity contribution in [2.75, 3.05) is 6.61 Å². The Kier molecular flexibility index (Phi) is 4.40. The first-order chi connectivity index (χ1) is 7.83. The zero-order valence-electron chi connectivity index (χ0n) is 10.5. The molecule has 17 heavy (non-hydrogen) atoms. The van der Waals surface area contributed by atoms with Crippen LogP contribution in [-0.2, 0) is 0 Å². The Labute approximate surface area is 107 Å². The molecule has 0 fully saturated rings. The molecule has 0 aliphatic heterocycles. The number of halogens is 1. The second kappa shape index (κ2) is 5.41. The number of rotatable bonds is 5. The molecule has 0 radical (unpaired) electrons. The number of hydrogen-bond acceptors (Lipinski definition) is 2. The molecule has 0 amide bonds. The Hall–Kier alpha value is -1.22. The summed E-state index contributed by atoms with van der Waals surface area (Å²) in [6.45, 7) is 6.33. The van der Waals surface area contributed by atoms with Crippen molar-refractivity contribution in [2.24, 2.45) is 11.1 Å². The van der Waals surface area contributed by atoms with Gasteiger partial charge in [0.15, 0.2) is 0 Å². The molecule has 0 atom stereocenters. The SMILES string of the molecule is Cc1ccc(OCCC(C)(C)C(=N)N)c(Cl)c1. The second-order valence-corrected chi connectivity index (χ2v) is 5.24. The van der Waals surface area contributed by atoms with Gasteiger partial charge in [0, 0.05) is 5.41 Å². The van der Waals surface area contributed by atoms with Gasteiger partial charge in [-0.05, 0) is 31.0 Å². The lowest BCUT2D eigenvalue weighted by Gasteiger charge is -2.22. The van der Waals surface area contributed by atoms with Crippen LogP contribution in [0.5, 0.6) is 5.75 Å². The maximum Gasteiger partial charge on any atom is 0.137 e. The molecule has 0 spiro atoms. The molecule has 1 aromatic carbocycles. The van der Waals surface area contributed by atoms with Gasteiger partial charge in [-0.2, -0.15) is 0 Å². The van der Waals surface area contributed by atoms with Crippen LogP contribution < -0.4 is 10.5 Å². The van der Waals surface area contributed by atoms with E-state index in [4.69, 9.17) is 27.5 Å². The molecular formula is C13H19ClN2O. The van der Waals surface area contributed by atoms with Gasteiger partial charge in [-0.3, -0.25) is 5.41 Å². The van der Waals surface area contributed by atoms with E-state index in [-0.39, 0.29) is 11.3 Å². The molecule has 0 heterocycles. The predicted molar refractivity (Wildman–Crippen MR) is 72.0 cm³/mol. The fraction of sp³-hybridized carbons (Fsp3) is 0.462. The smallest absolute Gasteiger partial charge is 0.137 e. The highest BCUT2D eigenvalue weighted by molar-refractivity contribution is 6.32. The van der Waals surface area contributed by atoms with Crippen LogP contribution in [0.1, 0.15) is 25.8 Å². The molecular weight excluding hydrogens is 236 g/mol.